The van der Waals surface area contributed by atoms with Crippen LogP contribution in [0.1, 0.15) is 36.6 Å². The number of hydrogen-bond acceptors (Lipinski definition) is 2. The molecule has 1 unspecified atom stereocenters. The largest absolute Gasteiger partial charge is 0.313 e. The van der Waals surface area contributed by atoms with Crippen LogP contribution in [0.5, 0.6) is 0 Å². The topological polar surface area (TPSA) is 24.9 Å². The van der Waals surface area contributed by atoms with E-state index in [4.69, 9.17) is 0 Å². The van der Waals surface area contributed by atoms with Crippen LogP contribution in [-0.4, -0.2) is 12.0 Å². The molecule has 0 aliphatic heterocycles. The molecule has 0 spiro atoms. The first-order valence-electron chi connectivity index (χ1n) is 5.40. The molecule has 14 heavy (non-hydrogen) atoms. The smallest absolute Gasteiger partial charge is 0.0420 e. The SMILES string of the molecule is CNC(CC1CC1)c1cccnc1C. The summed E-state index contributed by atoms with van der Waals surface area (Å²) in [5.74, 6) is 0.951. The van der Waals surface area contributed by atoms with Gasteiger partial charge in [0.2, 0.25) is 0 Å². The van der Waals surface area contributed by atoms with Crippen LogP contribution in [0.2, 0.25) is 0 Å². The Morgan fingerprint density at radius 1 is 1.57 bits per heavy atom. The van der Waals surface area contributed by atoms with Crippen LogP contribution >= 0.6 is 0 Å². The molecule has 1 aliphatic rings. The lowest BCUT2D eigenvalue weighted by molar-refractivity contribution is 0.510. The molecule has 0 radical (unpaired) electrons. The molecule has 0 saturated heterocycles. The fourth-order valence-electron chi connectivity index (χ4n) is 1.95. The van der Waals surface area contributed by atoms with E-state index in [1.54, 1.807) is 0 Å². The minimum absolute atomic E-state index is 0.496. The molecule has 1 aliphatic carbocycles. The predicted molar refractivity (Wildman–Crippen MR) is 58.1 cm³/mol. The Labute approximate surface area is 85.7 Å². The summed E-state index contributed by atoms with van der Waals surface area (Å²) in [7, 11) is 2.04. The molecule has 1 fully saturated rings. The van der Waals surface area contributed by atoms with Crippen molar-refractivity contribution >= 4 is 0 Å². The summed E-state index contributed by atoms with van der Waals surface area (Å²) >= 11 is 0. The van der Waals surface area contributed by atoms with Gasteiger partial charge in [-0.2, -0.15) is 0 Å². The molecule has 0 amide bonds. The van der Waals surface area contributed by atoms with Crippen molar-refractivity contribution < 1.29 is 0 Å². The van der Waals surface area contributed by atoms with E-state index < -0.39 is 0 Å². The van der Waals surface area contributed by atoms with Crippen LogP contribution in [0.15, 0.2) is 18.3 Å². The molecule has 76 valence electrons. The van der Waals surface area contributed by atoms with Gasteiger partial charge in [0, 0.05) is 17.9 Å². The van der Waals surface area contributed by atoms with Gasteiger partial charge in [-0.15, -0.1) is 0 Å². The second-order valence-corrected chi connectivity index (χ2v) is 4.20. The molecule has 0 aromatic carbocycles. The third kappa shape index (κ3) is 2.13. The van der Waals surface area contributed by atoms with E-state index in [0.717, 1.165) is 11.6 Å². The van der Waals surface area contributed by atoms with Crippen LogP contribution in [0.25, 0.3) is 0 Å². The number of aryl methyl sites for hydroxylation is 1. The maximum Gasteiger partial charge on any atom is 0.0420 e. The van der Waals surface area contributed by atoms with Gasteiger partial charge in [-0.1, -0.05) is 18.9 Å². The molecule has 2 heteroatoms. The standard InChI is InChI=1S/C12H18N2/c1-9-11(4-3-7-14-9)12(13-2)8-10-5-6-10/h3-4,7,10,12-13H,5-6,8H2,1-2H3. The first kappa shape index (κ1) is 9.66. The lowest BCUT2D eigenvalue weighted by Crippen LogP contribution is -2.18. The molecule has 1 aromatic heterocycles. The highest BCUT2D eigenvalue weighted by atomic mass is 14.9. The third-order valence-corrected chi connectivity index (χ3v) is 3.04. The van der Waals surface area contributed by atoms with Crippen molar-refractivity contribution in [3.63, 3.8) is 0 Å². The first-order valence-corrected chi connectivity index (χ1v) is 5.40. The maximum absolute atomic E-state index is 4.34. The lowest BCUT2D eigenvalue weighted by atomic mass is 10.0. The monoisotopic (exact) mass is 190 g/mol. The number of nitrogens with zero attached hydrogens (tertiary/aromatic N) is 1. The number of nitrogens with one attached hydrogen (secondary N) is 1. The Kier molecular flexibility index (Phi) is 2.82. The van der Waals surface area contributed by atoms with Crippen LogP contribution < -0.4 is 5.32 Å². The van der Waals surface area contributed by atoms with Crippen LogP contribution in [0.4, 0.5) is 0 Å². The van der Waals surface area contributed by atoms with Gasteiger partial charge in [0.25, 0.3) is 0 Å². The van der Waals surface area contributed by atoms with E-state index in [1.807, 2.05) is 19.3 Å². The molecule has 0 bridgehead atoms. The summed E-state index contributed by atoms with van der Waals surface area (Å²) in [5.41, 5.74) is 2.52. The van der Waals surface area contributed by atoms with Crippen molar-refractivity contribution in [2.45, 2.75) is 32.2 Å². The Balaban J connectivity index is 2.12. The quantitative estimate of drug-likeness (QED) is 0.789. The number of pyridine rings is 1. The second-order valence-electron chi connectivity index (χ2n) is 4.20. The average molecular weight is 190 g/mol. The van der Waals surface area contributed by atoms with Gasteiger partial charge < -0.3 is 5.32 Å². The van der Waals surface area contributed by atoms with Gasteiger partial charge in [0.1, 0.15) is 0 Å². The summed E-state index contributed by atoms with van der Waals surface area (Å²) in [6, 6.07) is 4.71. The fourth-order valence-corrected chi connectivity index (χ4v) is 1.95. The Morgan fingerprint density at radius 3 is 2.93 bits per heavy atom. The molecule has 1 saturated carbocycles. The fraction of sp³-hybridized carbons (Fsp3) is 0.583. The van der Waals surface area contributed by atoms with E-state index in [1.165, 1.54) is 24.8 Å². The van der Waals surface area contributed by atoms with E-state index in [9.17, 15) is 0 Å². The highest BCUT2D eigenvalue weighted by molar-refractivity contribution is 5.22. The van der Waals surface area contributed by atoms with Crippen molar-refractivity contribution in [1.82, 2.24) is 10.3 Å². The molecule has 2 rings (SSSR count). The summed E-state index contributed by atoms with van der Waals surface area (Å²) in [6.07, 6.45) is 5.96. The molecule has 2 nitrogen and oxygen atoms in total. The zero-order valence-electron chi connectivity index (χ0n) is 8.96. The van der Waals surface area contributed by atoms with Crippen LogP contribution in [-0.2, 0) is 0 Å². The summed E-state index contributed by atoms with van der Waals surface area (Å²) in [4.78, 5) is 4.34. The summed E-state index contributed by atoms with van der Waals surface area (Å²) in [5, 5.41) is 3.39. The Hall–Kier alpha value is -0.890. The maximum atomic E-state index is 4.34. The Bertz CT molecular complexity index is 305. The predicted octanol–water partition coefficient (Wildman–Crippen LogP) is 2.45. The Morgan fingerprint density at radius 2 is 2.36 bits per heavy atom. The van der Waals surface area contributed by atoms with E-state index in [2.05, 4.69) is 23.3 Å². The lowest BCUT2D eigenvalue weighted by Gasteiger charge is -2.17. The van der Waals surface area contributed by atoms with E-state index in [-0.39, 0.29) is 0 Å². The molecular formula is C12H18N2. The summed E-state index contributed by atoms with van der Waals surface area (Å²) in [6.45, 7) is 2.09. The molecule has 1 atom stereocenters. The van der Waals surface area contributed by atoms with Gasteiger partial charge in [0.05, 0.1) is 0 Å². The molecule has 1 N–H and O–H groups in total. The molecule has 1 aromatic rings. The van der Waals surface area contributed by atoms with Crippen molar-refractivity contribution in [3.05, 3.63) is 29.6 Å². The van der Waals surface area contributed by atoms with E-state index in [0.29, 0.717) is 6.04 Å². The van der Waals surface area contributed by atoms with E-state index >= 15 is 0 Å². The number of rotatable bonds is 4. The van der Waals surface area contributed by atoms with Crippen molar-refractivity contribution in [3.8, 4) is 0 Å². The zero-order chi connectivity index (χ0) is 9.97. The highest BCUT2D eigenvalue weighted by Crippen LogP contribution is 2.37. The molecular weight excluding hydrogens is 172 g/mol. The second kappa shape index (κ2) is 4.09. The average Bonchev–Trinajstić information content (AvgIpc) is 2.99. The number of aromatic nitrogens is 1. The molecule has 1 heterocycles. The first-order chi connectivity index (χ1) is 6.81. The van der Waals surface area contributed by atoms with Crippen molar-refractivity contribution in [2.75, 3.05) is 7.05 Å². The minimum Gasteiger partial charge on any atom is -0.313 e. The number of hydrogen-bond donors (Lipinski definition) is 1. The normalized spacial score (nSPS) is 18.1. The van der Waals surface area contributed by atoms with Gasteiger partial charge in [0.15, 0.2) is 0 Å². The third-order valence-electron chi connectivity index (χ3n) is 3.04. The minimum atomic E-state index is 0.496. The van der Waals surface area contributed by atoms with Crippen molar-refractivity contribution in [1.29, 1.82) is 0 Å². The highest BCUT2D eigenvalue weighted by Gasteiger charge is 2.26. The van der Waals surface area contributed by atoms with Gasteiger partial charge >= 0.3 is 0 Å². The van der Waals surface area contributed by atoms with Crippen LogP contribution in [0.3, 0.4) is 0 Å². The van der Waals surface area contributed by atoms with Gasteiger partial charge in [-0.3, -0.25) is 4.98 Å². The van der Waals surface area contributed by atoms with Crippen LogP contribution in [0, 0.1) is 12.8 Å². The zero-order valence-corrected chi connectivity index (χ0v) is 8.96. The van der Waals surface area contributed by atoms with Gasteiger partial charge in [-0.05, 0) is 37.9 Å². The summed E-state index contributed by atoms with van der Waals surface area (Å²) < 4.78 is 0. The van der Waals surface area contributed by atoms with Gasteiger partial charge in [-0.25, -0.2) is 0 Å². The van der Waals surface area contributed by atoms with Crippen molar-refractivity contribution in [2.24, 2.45) is 5.92 Å².